The molecular formula is C24H25Cl2NO3. The molecule has 1 aromatic heterocycles. The Kier molecular flexibility index (Phi) is 7.11. The van der Waals surface area contributed by atoms with Crippen LogP contribution in [0.5, 0.6) is 5.75 Å². The molecule has 30 heavy (non-hydrogen) atoms. The van der Waals surface area contributed by atoms with Crippen LogP contribution in [0.4, 0.5) is 0 Å². The number of carbonyl (C=O) groups is 1. The van der Waals surface area contributed by atoms with E-state index in [4.69, 9.17) is 32.4 Å². The second-order valence-electron chi connectivity index (χ2n) is 7.62. The molecule has 0 aliphatic carbocycles. The molecule has 2 aromatic carbocycles. The summed E-state index contributed by atoms with van der Waals surface area (Å²) in [6, 6.07) is 9.15. The predicted molar refractivity (Wildman–Crippen MR) is 124 cm³/mol. The van der Waals surface area contributed by atoms with E-state index in [1.54, 1.807) is 31.6 Å². The Morgan fingerprint density at radius 2 is 1.97 bits per heavy atom. The first-order valence-electron chi connectivity index (χ1n) is 9.81. The zero-order valence-electron chi connectivity index (χ0n) is 17.5. The molecule has 1 N–H and O–H groups in total. The fourth-order valence-electron chi connectivity index (χ4n) is 3.26. The summed E-state index contributed by atoms with van der Waals surface area (Å²) in [5.41, 5.74) is 3.96. The van der Waals surface area contributed by atoms with Gasteiger partial charge in [-0.15, -0.1) is 0 Å². The molecule has 158 valence electrons. The lowest BCUT2D eigenvalue weighted by Crippen LogP contribution is -2.23. The monoisotopic (exact) mass is 445 g/mol. The third-order valence-electron chi connectivity index (χ3n) is 4.91. The highest BCUT2D eigenvalue weighted by Crippen LogP contribution is 2.40. The highest BCUT2D eigenvalue weighted by atomic mass is 35.5. The van der Waals surface area contributed by atoms with Crippen LogP contribution in [0.3, 0.4) is 0 Å². The molecule has 0 bridgehead atoms. The van der Waals surface area contributed by atoms with Crippen molar-refractivity contribution in [1.29, 1.82) is 0 Å². The first kappa shape index (κ1) is 22.3. The number of amides is 1. The maximum atomic E-state index is 12.3. The fraction of sp³-hybridized carbons (Fsp3) is 0.292. The minimum Gasteiger partial charge on any atom is -0.496 e. The summed E-state index contributed by atoms with van der Waals surface area (Å²) in [5, 5.41) is 4.92. The van der Waals surface area contributed by atoms with Gasteiger partial charge in [0.2, 0.25) is 5.91 Å². The molecule has 0 radical (unpaired) electrons. The smallest absolute Gasteiger partial charge is 0.244 e. The number of methoxy groups -OCH3 is 1. The summed E-state index contributed by atoms with van der Waals surface area (Å²) >= 11 is 12.4. The van der Waals surface area contributed by atoms with Gasteiger partial charge in [0.1, 0.15) is 11.3 Å². The molecule has 1 amide bonds. The van der Waals surface area contributed by atoms with Gasteiger partial charge in [0.05, 0.1) is 18.4 Å². The van der Waals surface area contributed by atoms with Crippen LogP contribution in [0.25, 0.3) is 27.7 Å². The average Bonchev–Trinajstić information content (AvgIpc) is 3.09. The number of hydrogen-bond donors (Lipinski definition) is 1. The maximum Gasteiger partial charge on any atom is 0.244 e. The van der Waals surface area contributed by atoms with Crippen LogP contribution in [0.15, 0.2) is 47.1 Å². The Morgan fingerprint density at radius 3 is 2.63 bits per heavy atom. The van der Waals surface area contributed by atoms with Gasteiger partial charge in [-0.05, 0) is 43.0 Å². The molecule has 0 saturated carbocycles. The van der Waals surface area contributed by atoms with E-state index in [0.29, 0.717) is 33.8 Å². The van der Waals surface area contributed by atoms with Gasteiger partial charge in [0, 0.05) is 45.8 Å². The number of furan rings is 1. The van der Waals surface area contributed by atoms with Gasteiger partial charge >= 0.3 is 0 Å². The molecule has 4 nitrogen and oxygen atoms in total. The summed E-state index contributed by atoms with van der Waals surface area (Å²) < 4.78 is 11.3. The molecule has 6 heteroatoms. The van der Waals surface area contributed by atoms with Gasteiger partial charge in [0.15, 0.2) is 0 Å². The number of hydrogen-bond acceptors (Lipinski definition) is 3. The van der Waals surface area contributed by atoms with Crippen LogP contribution >= 0.6 is 23.2 Å². The highest BCUT2D eigenvalue weighted by molar-refractivity contribution is 6.36. The van der Waals surface area contributed by atoms with Crippen LogP contribution in [0.1, 0.15) is 32.8 Å². The largest absolute Gasteiger partial charge is 0.496 e. The van der Waals surface area contributed by atoms with Crippen LogP contribution in [0.2, 0.25) is 10.0 Å². The quantitative estimate of drug-likeness (QED) is 0.399. The number of allylic oxidation sites excluding steroid dienone is 1. The van der Waals surface area contributed by atoms with Crippen molar-refractivity contribution in [2.24, 2.45) is 5.92 Å². The highest BCUT2D eigenvalue weighted by Gasteiger charge is 2.16. The SMILES string of the molecule is COc1cc2occ(-c3ccc(Cl)cc3Cl)c2cc1/C(C)=C/C(=O)NCCC(C)C. The Morgan fingerprint density at radius 1 is 1.20 bits per heavy atom. The van der Waals surface area contributed by atoms with Gasteiger partial charge in [-0.3, -0.25) is 4.79 Å². The lowest BCUT2D eigenvalue weighted by molar-refractivity contribution is -0.116. The Balaban J connectivity index is 2.00. The zero-order chi connectivity index (χ0) is 21.8. The minimum absolute atomic E-state index is 0.122. The summed E-state index contributed by atoms with van der Waals surface area (Å²) in [5.74, 6) is 1.05. The molecule has 0 aliphatic heterocycles. The zero-order valence-corrected chi connectivity index (χ0v) is 19.0. The topological polar surface area (TPSA) is 51.5 Å². The van der Waals surface area contributed by atoms with Crippen molar-refractivity contribution in [1.82, 2.24) is 5.32 Å². The van der Waals surface area contributed by atoms with Gasteiger partial charge in [0.25, 0.3) is 0 Å². The predicted octanol–water partition coefficient (Wildman–Crippen LogP) is 6.98. The summed E-state index contributed by atoms with van der Waals surface area (Å²) in [6.45, 7) is 6.80. The van der Waals surface area contributed by atoms with Gasteiger partial charge in [-0.2, -0.15) is 0 Å². The lowest BCUT2D eigenvalue weighted by Gasteiger charge is -2.11. The number of fused-ring (bicyclic) bond motifs is 1. The van der Waals surface area contributed by atoms with Crippen LogP contribution < -0.4 is 10.1 Å². The molecule has 0 unspecified atom stereocenters. The second-order valence-corrected chi connectivity index (χ2v) is 8.47. The third-order valence-corrected chi connectivity index (χ3v) is 5.46. The van der Waals surface area contributed by atoms with Crippen molar-refractivity contribution in [3.63, 3.8) is 0 Å². The van der Waals surface area contributed by atoms with Crippen molar-refractivity contribution >= 4 is 45.7 Å². The van der Waals surface area contributed by atoms with Crippen molar-refractivity contribution in [2.45, 2.75) is 27.2 Å². The van der Waals surface area contributed by atoms with E-state index < -0.39 is 0 Å². The summed E-state index contributed by atoms with van der Waals surface area (Å²) in [4.78, 5) is 12.3. The van der Waals surface area contributed by atoms with E-state index in [2.05, 4.69) is 19.2 Å². The Labute approximate surface area is 186 Å². The van der Waals surface area contributed by atoms with E-state index in [0.717, 1.165) is 34.1 Å². The number of nitrogens with one attached hydrogen (secondary N) is 1. The van der Waals surface area contributed by atoms with Crippen LogP contribution in [-0.4, -0.2) is 19.6 Å². The molecule has 3 rings (SSSR count). The van der Waals surface area contributed by atoms with Gasteiger partial charge in [-0.25, -0.2) is 0 Å². The average molecular weight is 446 g/mol. The van der Waals surface area contributed by atoms with E-state index in [-0.39, 0.29) is 5.91 Å². The number of halogens is 2. The maximum absolute atomic E-state index is 12.3. The van der Waals surface area contributed by atoms with Gasteiger partial charge in [-0.1, -0.05) is 43.1 Å². The van der Waals surface area contributed by atoms with Crippen molar-refractivity contribution < 1.29 is 13.9 Å². The summed E-state index contributed by atoms with van der Waals surface area (Å²) in [7, 11) is 1.60. The number of benzene rings is 2. The second kappa shape index (κ2) is 9.59. The number of ether oxygens (including phenoxy) is 1. The first-order valence-corrected chi connectivity index (χ1v) is 10.6. The van der Waals surface area contributed by atoms with E-state index in [1.165, 1.54) is 0 Å². The molecule has 0 aliphatic rings. The molecule has 1 heterocycles. The summed E-state index contributed by atoms with van der Waals surface area (Å²) in [6.07, 6.45) is 4.20. The molecule has 3 aromatic rings. The Bertz CT molecular complexity index is 1100. The lowest BCUT2D eigenvalue weighted by atomic mass is 9.99. The third kappa shape index (κ3) is 5.00. The Hall–Kier alpha value is -2.43. The molecule has 0 spiro atoms. The molecule has 0 atom stereocenters. The van der Waals surface area contributed by atoms with Crippen LogP contribution in [-0.2, 0) is 4.79 Å². The van der Waals surface area contributed by atoms with E-state index in [9.17, 15) is 4.79 Å². The van der Waals surface area contributed by atoms with Crippen molar-refractivity contribution in [3.05, 3.63) is 58.3 Å². The molecular weight excluding hydrogens is 421 g/mol. The fourth-order valence-corrected chi connectivity index (χ4v) is 3.77. The van der Waals surface area contributed by atoms with E-state index >= 15 is 0 Å². The van der Waals surface area contributed by atoms with Crippen molar-refractivity contribution in [3.8, 4) is 16.9 Å². The first-order chi connectivity index (χ1) is 14.3. The normalized spacial score (nSPS) is 11.9. The van der Waals surface area contributed by atoms with Gasteiger partial charge < -0.3 is 14.5 Å². The minimum atomic E-state index is -0.122. The molecule has 0 saturated heterocycles. The van der Waals surface area contributed by atoms with Crippen molar-refractivity contribution in [2.75, 3.05) is 13.7 Å². The molecule has 0 fully saturated rings. The van der Waals surface area contributed by atoms with E-state index in [1.807, 2.05) is 25.1 Å². The number of rotatable bonds is 7. The standard InChI is InChI=1S/C24H25Cl2NO3/c1-14(2)7-8-27-24(28)9-15(3)18-11-19-20(13-30-23(19)12-22(18)29-4)17-6-5-16(25)10-21(17)26/h5-6,9-14H,7-8H2,1-4H3,(H,27,28)/b15-9+. The van der Waals surface area contributed by atoms with Crippen LogP contribution in [0, 0.1) is 5.92 Å². The number of carbonyl (C=O) groups excluding carboxylic acids is 1.